The Morgan fingerprint density at radius 2 is 1.84 bits per heavy atom. The maximum Gasteiger partial charge on any atom is 0.277 e. The van der Waals surface area contributed by atoms with Crippen molar-refractivity contribution in [3.63, 3.8) is 0 Å². The van der Waals surface area contributed by atoms with E-state index in [0.29, 0.717) is 17.3 Å². The molecule has 1 N–H and O–H groups in total. The third-order valence-electron chi connectivity index (χ3n) is 6.64. The van der Waals surface area contributed by atoms with E-state index in [9.17, 15) is 9.59 Å². The molecule has 2 aromatic carbocycles. The molecule has 1 heterocycles. The van der Waals surface area contributed by atoms with Crippen LogP contribution in [0.1, 0.15) is 51.0 Å². The van der Waals surface area contributed by atoms with Crippen molar-refractivity contribution in [2.75, 3.05) is 7.11 Å². The van der Waals surface area contributed by atoms with Gasteiger partial charge in [-0.05, 0) is 49.1 Å². The number of nitrogens with zero attached hydrogens (tertiary/aromatic N) is 3. The first-order chi connectivity index (χ1) is 15.6. The molecule has 1 atom stereocenters. The Balaban J connectivity index is 1.58. The van der Waals surface area contributed by atoms with Crippen molar-refractivity contribution in [3.05, 3.63) is 64.4 Å². The largest absolute Gasteiger partial charge is 0.497 e. The van der Waals surface area contributed by atoms with Crippen LogP contribution in [0.4, 0.5) is 0 Å². The smallest absolute Gasteiger partial charge is 0.277 e. The maximum atomic E-state index is 13.7. The van der Waals surface area contributed by atoms with E-state index in [1.807, 2.05) is 43.3 Å². The zero-order chi connectivity index (χ0) is 22.6. The summed E-state index contributed by atoms with van der Waals surface area (Å²) >= 11 is 0. The van der Waals surface area contributed by atoms with Gasteiger partial charge in [0.15, 0.2) is 0 Å². The van der Waals surface area contributed by atoms with Crippen LogP contribution in [0.5, 0.6) is 5.75 Å². The number of nitrogens with one attached hydrogen (secondary N) is 1. The number of carbonyl (C=O) groups is 1. The molecule has 1 amide bonds. The Morgan fingerprint density at radius 3 is 2.53 bits per heavy atom. The summed E-state index contributed by atoms with van der Waals surface area (Å²) in [5.74, 6) is 0.803. The fourth-order valence-electron chi connectivity index (χ4n) is 4.66. The average Bonchev–Trinajstić information content (AvgIpc) is 2.85. The molecule has 7 nitrogen and oxygen atoms in total. The molecule has 32 heavy (non-hydrogen) atoms. The quantitative estimate of drug-likeness (QED) is 0.614. The highest BCUT2D eigenvalue weighted by molar-refractivity contribution is 5.88. The molecule has 1 saturated carbocycles. The normalized spacial score (nSPS) is 16.4. The summed E-state index contributed by atoms with van der Waals surface area (Å²) in [5, 5.41) is 12.0. The Morgan fingerprint density at radius 1 is 1.12 bits per heavy atom. The third-order valence-corrected chi connectivity index (χ3v) is 6.64. The van der Waals surface area contributed by atoms with Crippen molar-refractivity contribution in [3.8, 4) is 5.75 Å². The fraction of sp³-hybridized carbons (Fsp3) is 0.440. The van der Waals surface area contributed by atoms with Crippen molar-refractivity contribution >= 4 is 16.8 Å². The van der Waals surface area contributed by atoms with Crippen molar-refractivity contribution < 1.29 is 9.53 Å². The molecule has 0 aliphatic heterocycles. The number of hydrogen-bond donors (Lipinski definition) is 1. The van der Waals surface area contributed by atoms with Gasteiger partial charge in [-0.1, -0.05) is 55.7 Å². The average molecular weight is 435 g/mol. The highest BCUT2D eigenvalue weighted by Gasteiger charge is 2.41. The number of hydrogen-bond acceptors (Lipinski definition) is 5. The van der Waals surface area contributed by atoms with Crippen LogP contribution in [0.15, 0.2) is 53.3 Å². The first-order valence-electron chi connectivity index (χ1n) is 11.4. The standard InChI is InChI=1S/C25H30N4O3/c1-3-19(17-29-23(30)21-9-5-6-10-22(21)27-28-29)26-24(31)25(15-7-4-8-16-25)18-11-13-20(32-2)14-12-18/h5-6,9-14,19H,3-4,7-8,15-17H2,1-2H3,(H,26,31)/t19-/m1/s1. The number of ether oxygens (including phenoxy) is 1. The summed E-state index contributed by atoms with van der Waals surface area (Å²) in [6, 6.07) is 14.8. The summed E-state index contributed by atoms with van der Waals surface area (Å²) in [6.45, 7) is 2.29. The molecule has 0 radical (unpaired) electrons. The van der Waals surface area contributed by atoms with Crippen LogP contribution in [0.2, 0.25) is 0 Å². The molecule has 0 bridgehead atoms. The zero-order valence-electron chi connectivity index (χ0n) is 18.7. The summed E-state index contributed by atoms with van der Waals surface area (Å²) in [5.41, 5.74) is 0.850. The number of fused-ring (bicyclic) bond motifs is 1. The number of methoxy groups -OCH3 is 1. The van der Waals surface area contributed by atoms with Gasteiger partial charge in [0.2, 0.25) is 5.91 Å². The SMILES string of the molecule is CC[C@H](Cn1nnc2ccccc2c1=O)NC(=O)C1(c2ccc(OC)cc2)CCCCC1. The van der Waals surface area contributed by atoms with E-state index in [-0.39, 0.29) is 24.1 Å². The van der Waals surface area contributed by atoms with E-state index in [4.69, 9.17) is 4.74 Å². The van der Waals surface area contributed by atoms with Crippen LogP contribution in [0.3, 0.4) is 0 Å². The van der Waals surface area contributed by atoms with E-state index in [1.54, 1.807) is 19.2 Å². The van der Waals surface area contributed by atoms with Crippen LogP contribution >= 0.6 is 0 Å². The van der Waals surface area contributed by atoms with Gasteiger partial charge in [0.05, 0.1) is 24.5 Å². The lowest BCUT2D eigenvalue weighted by atomic mass is 9.68. The Hall–Kier alpha value is -3.22. The topological polar surface area (TPSA) is 86.1 Å². The van der Waals surface area contributed by atoms with E-state index >= 15 is 0 Å². The van der Waals surface area contributed by atoms with Gasteiger partial charge in [-0.2, -0.15) is 0 Å². The second-order valence-electron chi connectivity index (χ2n) is 8.54. The van der Waals surface area contributed by atoms with Gasteiger partial charge < -0.3 is 10.1 Å². The van der Waals surface area contributed by atoms with Crippen LogP contribution < -0.4 is 15.6 Å². The van der Waals surface area contributed by atoms with Crippen LogP contribution in [0.25, 0.3) is 10.9 Å². The number of aromatic nitrogens is 3. The number of rotatable bonds is 7. The minimum absolute atomic E-state index is 0.0241. The Kier molecular flexibility index (Phi) is 6.53. The van der Waals surface area contributed by atoms with Crippen molar-refractivity contribution in [1.29, 1.82) is 0 Å². The number of carbonyl (C=O) groups excluding carboxylic acids is 1. The van der Waals surface area contributed by atoms with Crippen molar-refractivity contribution in [2.45, 2.75) is 63.5 Å². The monoisotopic (exact) mass is 434 g/mol. The second-order valence-corrected chi connectivity index (χ2v) is 8.54. The van der Waals surface area contributed by atoms with E-state index in [0.717, 1.165) is 43.4 Å². The lowest BCUT2D eigenvalue weighted by Crippen LogP contribution is -2.50. The van der Waals surface area contributed by atoms with Crippen LogP contribution in [-0.4, -0.2) is 34.1 Å². The molecule has 1 aliphatic rings. The lowest BCUT2D eigenvalue weighted by Gasteiger charge is -2.37. The Bertz CT molecular complexity index is 1130. The van der Waals surface area contributed by atoms with Gasteiger partial charge in [-0.25, -0.2) is 4.68 Å². The maximum absolute atomic E-state index is 13.7. The van der Waals surface area contributed by atoms with E-state index in [1.165, 1.54) is 4.68 Å². The highest BCUT2D eigenvalue weighted by atomic mass is 16.5. The summed E-state index contributed by atoms with van der Waals surface area (Å²) in [4.78, 5) is 26.5. The second kappa shape index (κ2) is 9.51. The molecular formula is C25H30N4O3. The van der Waals surface area contributed by atoms with Gasteiger partial charge in [0.1, 0.15) is 11.3 Å². The lowest BCUT2D eigenvalue weighted by molar-refractivity contribution is -0.129. The molecule has 1 aliphatic carbocycles. The number of amides is 1. The van der Waals surface area contributed by atoms with Gasteiger partial charge in [0.25, 0.3) is 5.56 Å². The molecular weight excluding hydrogens is 404 g/mol. The predicted octanol–water partition coefficient (Wildman–Crippen LogP) is 3.60. The highest BCUT2D eigenvalue weighted by Crippen LogP contribution is 2.40. The van der Waals surface area contributed by atoms with Crippen LogP contribution in [-0.2, 0) is 16.8 Å². The minimum atomic E-state index is -0.558. The molecule has 1 fully saturated rings. The third kappa shape index (κ3) is 4.24. The van der Waals surface area contributed by atoms with E-state index < -0.39 is 5.41 Å². The molecule has 0 saturated heterocycles. The molecule has 7 heteroatoms. The van der Waals surface area contributed by atoms with Crippen LogP contribution in [0, 0.1) is 0 Å². The molecule has 0 spiro atoms. The predicted molar refractivity (Wildman–Crippen MR) is 124 cm³/mol. The van der Waals surface area contributed by atoms with Gasteiger partial charge >= 0.3 is 0 Å². The summed E-state index contributed by atoms with van der Waals surface area (Å²) < 4.78 is 6.65. The first-order valence-corrected chi connectivity index (χ1v) is 11.4. The van der Waals surface area contributed by atoms with Crippen molar-refractivity contribution in [2.24, 2.45) is 0 Å². The minimum Gasteiger partial charge on any atom is -0.497 e. The molecule has 3 aromatic rings. The van der Waals surface area contributed by atoms with Crippen molar-refractivity contribution in [1.82, 2.24) is 20.3 Å². The summed E-state index contributed by atoms with van der Waals surface area (Å²) in [6.07, 6.45) is 5.50. The van der Waals surface area contributed by atoms with Gasteiger partial charge in [-0.15, -0.1) is 5.10 Å². The summed E-state index contributed by atoms with van der Waals surface area (Å²) in [7, 11) is 1.64. The van der Waals surface area contributed by atoms with E-state index in [2.05, 4.69) is 15.6 Å². The Labute approximate surface area is 187 Å². The molecule has 0 unspecified atom stereocenters. The first kappa shape index (κ1) is 22.0. The molecule has 1 aromatic heterocycles. The van der Waals surface area contributed by atoms with Gasteiger partial charge in [0, 0.05) is 6.04 Å². The zero-order valence-corrected chi connectivity index (χ0v) is 18.7. The number of benzene rings is 2. The molecule has 4 rings (SSSR count). The fourth-order valence-corrected chi connectivity index (χ4v) is 4.66. The molecule has 168 valence electrons. The van der Waals surface area contributed by atoms with Gasteiger partial charge in [-0.3, -0.25) is 9.59 Å².